The molecular weight excluding hydrogens is 355 g/mol. The SMILES string of the molecule is CC1CN(c2c(F)cc3c(=O)c(C(=O)O)cn4c3c2OCN4C)CC1CN. The lowest BCUT2D eigenvalue weighted by molar-refractivity contribution is 0.0694. The van der Waals surface area contributed by atoms with Gasteiger partial charge in [0.1, 0.15) is 16.8 Å². The highest BCUT2D eigenvalue weighted by Crippen LogP contribution is 2.42. The molecular formula is C18H21FN4O4. The molecule has 144 valence electrons. The summed E-state index contributed by atoms with van der Waals surface area (Å²) in [6.45, 7) is 3.92. The van der Waals surface area contributed by atoms with Crippen molar-refractivity contribution in [2.75, 3.05) is 43.3 Å². The third-order valence-corrected chi connectivity index (χ3v) is 5.53. The van der Waals surface area contributed by atoms with Crippen LogP contribution in [0.15, 0.2) is 17.1 Å². The molecule has 1 saturated heterocycles. The van der Waals surface area contributed by atoms with E-state index in [1.54, 1.807) is 16.7 Å². The molecule has 1 aromatic heterocycles. The fourth-order valence-corrected chi connectivity index (χ4v) is 3.99. The summed E-state index contributed by atoms with van der Waals surface area (Å²) in [4.78, 5) is 25.9. The van der Waals surface area contributed by atoms with Crippen LogP contribution in [0, 0.1) is 17.7 Å². The number of carboxylic acids is 1. The number of hydrogen-bond donors (Lipinski definition) is 2. The van der Waals surface area contributed by atoms with Crippen LogP contribution in [0.25, 0.3) is 10.9 Å². The molecule has 3 heterocycles. The number of nitrogens with two attached hydrogens (primary N) is 1. The number of nitrogens with zero attached hydrogens (tertiary/aromatic N) is 3. The van der Waals surface area contributed by atoms with Gasteiger partial charge in [-0.3, -0.25) is 14.5 Å². The predicted octanol–water partition coefficient (Wildman–Crippen LogP) is 0.788. The average Bonchev–Trinajstić information content (AvgIpc) is 2.99. The highest BCUT2D eigenvalue weighted by Gasteiger charge is 2.35. The summed E-state index contributed by atoms with van der Waals surface area (Å²) in [5.74, 6) is -1.13. The molecule has 1 fully saturated rings. The largest absolute Gasteiger partial charge is 0.477 e. The number of pyridine rings is 1. The Hall–Kier alpha value is -2.81. The van der Waals surface area contributed by atoms with Crippen LogP contribution in [0.5, 0.6) is 5.75 Å². The number of rotatable bonds is 3. The van der Waals surface area contributed by atoms with Gasteiger partial charge in [0, 0.05) is 26.3 Å². The first-order valence-electron chi connectivity index (χ1n) is 8.77. The molecule has 9 heteroatoms. The van der Waals surface area contributed by atoms with Crippen molar-refractivity contribution in [2.24, 2.45) is 17.6 Å². The minimum absolute atomic E-state index is 0.0136. The van der Waals surface area contributed by atoms with Crippen molar-refractivity contribution in [1.29, 1.82) is 0 Å². The molecule has 2 aliphatic heterocycles. The molecule has 2 aromatic rings. The van der Waals surface area contributed by atoms with E-state index < -0.39 is 22.8 Å². The number of carboxylic acid groups (broad SMARTS) is 1. The monoisotopic (exact) mass is 376 g/mol. The van der Waals surface area contributed by atoms with E-state index in [1.165, 1.54) is 6.20 Å². The van der Waals surface area contributed by atoms with Gasteiger partial charge in [-0.2, -0.15) is 0 Å². The molecule has 2 aliphatic rings. The summed E-state index contributed by atoms with van der Waals surface area (Å²) in [6, 6.07) is 1.11. The second kappa shape index (κ2) is 6.12. The van der Waals surface area contributed by atoms with E-state index in [9.17, 15) is 14.7 Å². The topological polar surface area (TPSA) is 101 Å². The van der Waals surface area contributed by atoms with Gasteiger partial charge in [-0.25, -0.2) is 9.18 Å². The Bertz CT molecular complexity index is 1010. The lowest BCUT2D eigenvalue weighted by atomic mass is 9.99. The molecule has 0 aliphatic carbocycles. The lowest BCUT2D eigenvalue weighted by Crippen LogP contribution is -2.40. The summed E-state index contributed by atoms with van der Waals surface area (Å²) in [7, 11) is 1.70. The van der Waals surface area contributed by atoms with Crippen molar-refractivity contribution in [3.8, 4) is 5.75 Å². The molecule has 0 saturated carbocycles. The van der Waals surface area contributed by atoms with Crippen molar-refractivity contribution >= 4 is 22.6 Å². The van der Waals surface area contributed by atoms with E-state index in [-0.39, 0.29) is 23.8 Å². The highest BCUT2D eigenvalue weighted by atomic mass is 19.1. The molecule has 3 N–H and O–H groups in total. The summed E-state index contributed by atoms with van der Waals surface area (Å²) < 4.78 is 22.4. The van der Waals surface area contributed by atoms with Gasteiger partial charge in [0.05, 0.1) is 5.39 Å². The second-order valence-corrected chi connectivity index (χ2v) is 7.26. The minimum Gasteiger partial charge on any atom is -0.477 e. The number of halogens is 1. The van der Waals surface area contributed by atoms with Crippen molar-refractivity contribution in [2.45, 2.75) is 6.92 Å². The maximum absolute atomic E-state index is 15.1. The van der Waals surface area contributed by atoms with Gasteiger partial charge in [-0.05, 0) is 24.4 Å². The van der Waals surface area contributed by atoms with Crippen molar-refractivity contribution < 1.29 is 19.0 Å². The van der Waals surface area contributed by atoms with E-state index in [2.05, 4.69) is 6.92 Å². The Morgan fingerprint density at radius 1 is 1.44 bits per heavy atom. The standard InChI is InChI=1S/C18H21FN4O4/c1-9-5-22(6-10(9)4-20)15-13(19)3-11-14-17(15)27-8-21(2)23(14)7-12(16(11)24)18(25)26/h3,7,9-10H,4-6,8,20H2,1-2H3,(H,25,26). The Kier molecular flexibility index (Phi) is 3.99. The average molecular weight is 376 g/mol. The van der Waals surface area contributed by atoms with Crippen molar-refractivity contribution in [1.82, 2.24) is 4.68 Å². The molecule has 0 amide bonds. The number of benzene rings is 1. The van der Waals surface area contributed by atoms with Crippen LogP contribution < -0.4 is 25.8 Å². The fraction of sp³-hybridized carbons (Fsp3) is 0.444. The van der Waals surface area contributed by atoms with E-state index in [1.807, 2.05) is 4.90 Å². The van der Waals surface area contributed by atoms with Gasteiger partial charge < -0.3 is 20.5 Å². The molecule has 2 unspecified atom stereocenters. The number of ether oxygens (including phenoxy) is 1. The first-order valence-corrected chi connectivity index (χ1v) is 8.77. The van der Waals surface area contributed by atoms with E-state index in [4.69, 9.17) is 10.5 Å². The molecule has 4 rings (SSSR count). The number of hydrogen-bond acceptors (Lipinski definition) is 6. The first-order chi connectivity index (χ1) is 12.8. The summed E-state index contributed by atoms with van der Waals surface area (Å²) in [5.41, 5.74) is 5.36. The summed E-state index contributed by atoms with van der Waals surface area (Å²) in [5, 5.41) is 10.9. The molecule has 0 spiro atoms. The maximum Gasteiger partial charge on any atom is 0.341 e. The Morgan fingerprint density at radius 3 is 2.81 bits per heavy atom. The van der Waals surface area contributed by atoms with E-state index in [0.717, 1.165) is 6.07 Å². The van der Waals surface area contributed by atoms with Crippen LogP contribution >= 0.6 is 0 Å². The molecule has 0 bridgehead atoms. The number of aromatic carboxylic acids is 1. The lowest BCUT2D eigenvalue weighted by Gasteiger charge is -2.33. The third-order valence-electron chi connectivity index (χ3n) is 5.53. The summed E-state index contributed by atoms with van der Waals surface area (Å²) >= 11 is 0. The van der Waals surface area contributed by atoms with Crippen LogP contribution in [-0.2, 0) is 0 Å². The molecule has 2 atom stereocenters. The predicted molar refractivity (Wildman–Crippen MR) is 98.7 cm³/mol. The molecule has 8 nitrogen and oxygen atoms in total. The summed E-state index contributed by atoms with van der Waals surface area (Å²) in [6.07, 6.45) is 1.26. The van der Waals surface area contributed by atoms with Gasteiger partial charge in [-0.15, -0.1) is 0 Å². The van der Waals surface area contributed by atoms with Gasteiger partial charge in [0.2, 0.25) is 5.43 Å². The fourth-order valence-electron chi connectivity index (χ4n) is 3.99. The molecule has 1 aromatic carbocycles. The van der Waals surface area contributed by atoms with Crippen LogP contribution in [0.1, 0.15) is 17.3 Å². The maximum atomic E-state index is 15.1. The van der Waals surface area contributed by atoms with Gasteiger partial charge in [0.15, 0.2) is 18.3 Å². The number of aromatic nitrogens is 1. The Balaban J connectivity index is 2.00. The zero-order valence-electron chi connectivity index (χ0n) is 15.1. The van der Waals surface area contributed by atoms with Crippen LogP contribution in [0.4, 0.5) is 10.1 Å². The third kappa shape index (κ3) is 2.53. The first kappa shape index (κ1) is 17.6. The Morgan fingerprint density at radius 2 is 2.19 bits per heavy atom. The molecule has 0 radical (unpaired) electrons. The van der Waals surface area contributed by atoms with Gasteiger partial charge in [0.25, 0.3) is 0 Å². The number of carbonyl (C=O) groups is 1. The minimum atomic E-state index is -1.35. The van der Waals surface area contributed by atoms with Crippen LogP contribution in [0.2, 0.25) is 0 Å². The highest BCUT2D eigenvalue weighted by molar-refractivity contribution is 5.97. The zero-order valence-corrected chi connectivity index (χ0v) is 15.1. The van der Waals surface area contributed by atoms with Crippen molar-refractivity contribution in [3.05, 3.63) is 33.9 Å². The van der Waals surface area contributed by atoms with Gasteiger partial charge in [-0.1, -0.05) is 6.92 Å². The van der Waals surface area contributed by atoms with Crippen LogP contribution in [0.3, 0.4) is 0 Å². The smallest absolute Gasteiger partial charge is 0.341 e. The number of anilines is 1. The zero-order chi connectivity index (χ0) is 19.5. The van der Waals surface area contributed by atoms with Crippen molar-refractivity contribution in [3.63, 3.8) is 0 Å². The van der Waals surface area contributed by atoms with Gasteiger partial charge >= 0.3 is 5.97 Å². The normalized spacial score (nSPS) is 21.6. The Labute approximate surface area is 154 Å². The van der Waals surface area contributed by atoms with Crippen LogP contribution in [-0.4, -0.2) is 49.2 Å². The van der Waals surface area contributed by atoms with E-state index >= 15 is 4.39 Å². The van der Waals surface area contributed by atoms with E-state index in [0.29, 0.717) is 36.8 Å². The second-order valence-electron chi connectivity index (χ2n) is 7.26. The molecule has 27 heavy (non-hydrogen) atoms. The quantitative estimate of drug-likeness (QED) is 0.817.